The zero-order chi connectivity index (χ0) is 50.0. The predicted octanol–water partition coefficient (Wildman–Crippen LogP) is -1.51. The molecule has 0 aromatic rings. The lowest BCUT2D eigenvalue weighted by Crippen LogP contribution is -2.69. The highest BCUT2D eigenvalue weighted by Crippen LogP contribution is 2.76. The minimum atomic E-state index is -2.01. The summed E-state index contributed by atoms with van der Waals surface area (Å²) in [6.45, 7) is 11.1. The number of hydrogen-bond acceptors (Lipinski definition) is 19. The van der Waals surface area contributed by atoms with Gasteiger partial charge in [-0.15, -0.1) is 0 Å². The van der Waals surface area contributed by atoms with E-state index in [0.29, 0.717) is 32.1 Å². The molecule has 5 aliphatic carbocycles. The number of rotatable bonds is 10. The summed E-state index contributed by atoms with van der Waals surface area (Å²) in [6, 6.07) is 0. The van der Waals surface area contributed by atoms with E-state index in [0.717, 1.165) is 5.57 Å². The lowest BCUT2D eigenvalue weighted by atomic mass is 9.33. The molecule has 13 N–H and O–H groups in total. The highest BCUT2D eigenvalue weighted by Gasteiger charge is 2.72. The highest BCUT2D eigenvalue weighted by molar-refractivity contribution is 5.78. The minimum absolute atomic E-state index is 0.0224. The van der Waals surface area contributed by atoms with E-state index >= 15 is 0 Å². The Morgan fingerprint density at radius 1 is 0.647 bits per heavy atom. The van der Waals surface area contributed by atoms with Gasteiger partial charge in [0.15, 0.2) is 25.0 Å². The van der Waals surface area contributed by atoms with Crippen molar-refractivity contribution in [2.45, 2.75) is 209 Å². The number of carbonyl (C=O) groups is 2. The van der Waals surface area contributed by atoms with E-state index in [-0.39, 0.29) is 42.9 Å². The van der Waals surface area contributed by atoms with Gasteiger partial charge in [-0.1, -0.05) is 46.3 Å². The smallest absolute Gasteiger partial charge is 0.335 e. The van der Waals surface area contributed by atoms with Gasteiger partial charge in [0, 0.05) is 5.92 Å². The summed E-state index contributed by atoms with van der Waals surface area (Å²) in [5.74, 6) is -3.40. The summed E-state index contributed by atoms with van der Waals surface area (Å²) in [5, 5.41) is 139. The van der Waals surface area contributed by atoms with Crippen molar-refractivity contribution in [2.75, 3.05) is 13.2 Å². The zero-order valence-electron chi connectivity index (χ0n) is 39.5. The fourth-order valence-corrected chi connectivity index (χ4v) is 15.1. The van der Waals surface area contributed by atoms with Gasteiger partial charge in [-0.05, 0) is 98.2 Å². The summed E-state index contributed by atoms with van der Waals surface area (Å²) in [6.07, 6.45) is -21.5. The Kier molecular flexibility index (Phi) is 14.0. The Morgan fingerprint density at radius 3 is 1.84 bits per heavy atom. The van der Waals surface area contributed by atoms with Crippen molar-refractivity contribution < 1.29 is 104 Å². The monoisotopic (exact) mass is 974 g/mol. The van der Waals surface area contributed by atoms with Gasteiger partial charge in [-0.3, -0.25) is 4.79 Å². The average Bonchev–Trinajstić information content (AvgIpc) is 3.27. The van der Waals surface area contributed by atoms with Crippen molar-refractivity contribution in [3.05, 3.63) is 11.6 Å². The molecule has 0 amide bonds. The molecule has 0 spiro atoms. The summed E-state index contributed by atoms with van der Waals surface area (Å²) in [4.78, 5) is 25.8. The largest absolute Gasteiger partial charge is 0.481 e. The first-order valence-corrected chi connectivity index (χ1v) is 24.1. The van der Waals surface area contributed by atoms with Gasteiger partial charge >= 0.3 is 11.9 Å². The normalized spacial score (nSPS) is 54.6. The van der Waals surface area contributed by atoms with Gasteiger partial charge in [0.25, 0.3) is 0 Å². The molecule has 3 saturated heterocycles. The van der Waals surface area contributed by atoms with Crippen LogP contribution in [0, 0.1) is 44.8 Å². The molecule has 8 aliphatic rings. The Labute approximate surface area is 394 Å². The number of allylic oxidation sites excluding steroid dienone is 2. The lowest BCUT2D eigenvalue weighted by Gasteiger charge is -2.71. The van der Waals surface area contributed by atoms with Crippen LogP contribution in [-0.2, 0) is 38.0 Å². The Bertz CT molecular complexity index is 1920. The minimum Gasteiger partial charge on any atom is -0.481 e. The number of fused-ring (bicyclic) bond motifs is 7. The second-order valence-corrected chi connectivity index (χ2v) is 22.9. The van der Waals surface area contributed by atoms with Crippen LogP contribution in [-0.4, -0.2) is 201 Å². The topological polar surface area (TPSA) is 353 Å². The van der Waals surface area contributed by atoms with Gasteiger partial charge in [-0.2, -0.15) is 0 Å². The lowest BCUT2D eigenvalue weighted by molar-refractivity contribution is -0.374. The van der Waals surface area contributed by atoms with Crippen LogP contribution in [0.4, 0.5) is 0 Å². The molecule has 3 aliphatic heterocycles. The SMILES string of the molecule is CC1(OC2OC(CO)C(O)C(O)C2O)CCC2(C(=O)O)C(O)CC3(C)C(=CCC4C5(C)CCC(OC6OC(C(=O)O)C(O)C(O)C6OC6OC(CO)C(O)C(O)C6O)C(C)(C)C5CCC43C)C2C1. The van der Waals surface area contributed by atoms with Gasteiger partial charge < -0.3 is 94.8 Å². The maximum Gasteiger partial charge on any atom is 0.335 e. The van der Waals surface area contributed by atoms with Crippen LogP contribution in [0.2, 0.25) is 0 Å². The summed E-state index contributed by atoms with van der Waals surface area (Å²) < 4.78 is 36.1. The summed E-state index contributed by atoms with van der Waals surface area (Å²) in [5.41, 5.74) is -3.90. The Morgan fingerprint density at radius 2 is 1.25 bits per heavy atom. The van der Waals surface area contributed by atoms with Gasteiger partial charge in [-0.25, -0.2) is 4.79 Å². The quantitative estimate of drug-likeness (QED) is 0.0875. The molecule has 0 aromatic carbocycles. The molecular formula is C47H74O21. The number of carboxylic acids is 2. The van der Waals surface area contributed by atoms with Crippen molar-refractivity contribution in [1.82, 2.24) is 0 Å². The van der Waals surface area contributed by atoms with Crippen molar-refractivity contribution in [2.24, 2.45) is 44.8 Å². The fourth-order valence-electron chi connectivity index (χ4n) is 15.1. The third kappa shape index (κ3) is 7.84. The highest BCUT2D eigenvalue weighted by atomic mass is 16.8. The molecule has 3 heterocycles. The number of aliphatic hydroxyl groups excluding tert-OH is 11. The van der Waals surface area contributed by atoms with Crippen molar-refractivity contribution >= 4 is 11.9 Å². The van der Waals surface area contributed by atoms with Crippen LogP contribution in [0.25, 0.3) is 0 Å². The summed E-state index contributed by atoms with van der Waals surface area (Å²) >= 11 is 0. The third-order valence-corrected chi connectivity index (χ3v) is 19.2. The first-order valence-electron chi connectivity index (χ1n) is 24.1. The summed E-state index contributed by atoms with van der Waals surface area (Å²) in [7, 11) is 0. The molecule has 21 nitrogen and oxygen atoms in total. The maximum atomic E-state index is 13.5. The zero-order valence-corrected chi connectivity index (χ0v) is 39.5. The van der Waals surface area contributed by atoms with E-state index in [1.54, 1.807) is 6.92 Å². The number of aliphatic carboxylic acids is 2. The molecule has 0 bridgehead atoms. The van der Waals surface area contributed by atoms with Crippen LogP contribution >= 0.6 is 0 Å². The predicted molar refractivity (Wildman–Crippen MR) is 229 cm³/mol. The molecular weight excluding hydrogens is 900 g/mol. The molecule has 25 atom stereocenters. The van der Waals surface area contributed by atoms with Crippen LogP contribution in [0.3, 0.4) is 0 Å². The van der Waals surface area contributed by atoms with Crippen molar-refractivity contribution in [3.8, 4) is 0 Å². The molecule has 25 unspecified atom stereocenters. The first-order chi connectivity index (χ1) is 31.7. The Balaban J connectivity index is 1.06. The average molecular weight is 975 g/mol. The molecule has 4 saturated carbocycles. The Hall–Kier alpha value is -2.00. The van der Waals surface area contributed by atoms with E-state index in [2.05, 4.69) is 26.8 Å². The van der Waals surface area contributed by atoms with E-state index in [1.165, 1.54) is 0 Å². The number of ether oxygens (including phenoxy) is 6. The van der Waals surface area contributed by atoms with Crippen molar-refractivity contribution in [1.29, 1.82) is 0 Å². The second-order valence-electron chi connectivity index (χ2n) is 22.9. The molecule has 21 heteroatoms. The van der Waals surface area contributed by atoms with Crippen molar-refractivity contribution in [3.63, 3.8) is 0 Å². The molecule has 0 radical (unpaired) electrons. The van der Waals surface area contributed by atoms with Gasteiger partial charge in [0.1, 0.15) is 72.6 Å². The number of hydrogen-bond donors (Lipinski definition) is 13. The molecule has 0 aromatic heterocycles. The van der Waals surface area contributed by atoms with Gasteiger partial charge in [0.05, 0.1) is 31.0 Å². The van der Waals surface area contributed by atoms with Crippen LogP contribution in [0.1, 0.15) is 99.3 Å². The standard InChI is InChI=1S/C47H74O21/c1-42(2)23-9-12-45(5)24(44(23,4)11-10-26(42)65-40-36(32(56)31(55)35(66-40)37(59)60)67-38-33(57)29(53)27(51)21(17-48)63-38)8-7-19-20-15-43(3,68-39-34(58)30(54)28(52)22(18-49)64-39)13-14-47(20,41(61)62)25(50)16-46(19,45)6/h7,20-36,38-40,48-58H,8-18H2,1-6H3,(H,59,60)(H,61,62). The van der Waals surface area contributed by atoms with E-state index < -0.39 is 163 Å². The molecule has 388 valence electrons. The van der Waals surface area contributed by atoms with Crippen LogP contribution in [0.5, 0.6) is 0 Å². The maximum absolute atomic E-state index is 13.5. The van der Waals surface area contributed by atoms with E-state index in [4.69, 9.17) is 28.4 Å². The number of aliphatic hydroxyl groups is 11. The van der Waals surface area contributed by atoms with Gasteiger partial charge in [0.2, 0.25) is 0 Å². The molecule has 7 fully saturated rings. The third-order valence-electron chi connectivity index (χ3n) is 19.2. The van der Waals surface area contributed by atoms with E-state index in [9.17, 15) is 76.0 Å². The number of carboxylic acid groups (broad SMARTS) is 2. The molecule has 8 rings (SSSR count). The second kappa shape index (κ2) is 18.2. The molecule has 68 heavy (non-hydrogen) atoms. The van der Waals surface area contributed by atoms with Crippen LogP contribution < -0.4 is 0 Å². The van der Waals surface area contributed by atoms with E-state index in [1.807, 2.05) is 13.8 Å². The first kappa shape index (κ1) is 52.3. The fraction of sp³-hybridized carbons (Fsp3) is 0.915. The van der Waals surface area contributed by atoms with Crippen LogP contribution in [0.15, 0.2) is 11.6 Å².